The van der Waals surface area contributed by atoms with E-state index in [0.717, 1.165) is 0 Å². The molecule has 104 valence electrons. The van der Waals surface area contributed by atoms with Crippen LogP contribution in [-0.4, -0.2) is 32.4 Å². The molecule has 0 aliphatic carbocycles. The van der Waals surface area contributed by atoms with E-state index in [2.05, 4.69) is 5.32 Å². The largest absolute Gasteiger partial charge is 0.492 e. The van der Waals surface area contributed by atoms with Gasteiger partial charge in [0.05, 0.1) is 29.7 Å². The lowest BCUT2D eigenvalue weighted by atomic mass is 10.1. The SMILES string of the molecule is CCOc1ccccc1NC(=O)[C@@H]1CCS(=O)(=O)C1. The highest BCUT2D eigenvalue weighted by atomic mass is 32.2. The minimum absolute atomic E-state index is 0.0599. The van der Waals surface area contributed by atoms with Gasteiger partial charge in [0, 0.05) is 0 Å². The molecule has 1 aliphatic rings. The molecule has 1 aromatic rings. The number of rotatable bonds is 4. The number of benzene rings is 1. The maximum atomic E-state index is 12.0. The molecule has 1 amide bonds. The number of sulfone groups is 1. The first-order chi connectivity index (χ1) is 9.02. The van der Waals surface area contributed by atoms with E-state index in [9.17, 15) is 13.2 Å². The van der Waals surface area contributed by atoms with Crippen molar-refractivity contribution < 1.29 is 17.9 Å². The van der Waals surface area contributed by atoms with Crippen molar-refractivity contribution >= 4 is 21.4 Å². The topological polar surface area (TPSA) is 72.5 Å². The van der Waals surface area contributed by atoms with Gasteiger partial charge in [0.25, 0.3) is 0 Å². The summed E-state index contributed by atoms with van der Waals surface area (Å²) in [5.74, 6) is -0.0829. The molecular formula is C13H17NO4S. The molecule has 0 bridgehead atoms. The van der Waals surface area contributed by atoms with Crippen molar-refractivity contribution in [1.29, 1.82) is 0 Å². The number of para-hydroxylation sites is 2. The van der Waals surface area contributed by atoms with E-state index in [1.165, 1.54) is 0 Å². The van der Waals surface area contributed by atoms with Crippen LogP contribution in [0.25, 0.3) is 0 Å². The molecule has 6 heteroatoms. The average Bonchev–Trinajstić information content (AvgIpc) is 2.73. The van der Waals surface area contributed by atoms with Crippen LogP contribution < -0.4 is 10.1 Å². The Morgan fingerprint density at radius 1 is 1.42 bits per heavy atom. The summed E-state index contributed by atoms with van der Waals surface area (Å²) in [6.45, 7) is 2.37. The Kier molecular flexibility index (Phi) is 4.09. The second kappa shape index (κ2) is 5.61. The monoisotopic (exact) mass is 283 g/mol. The van der Waals surface area contributed by atoms with Gasteiger partial charge in [-0.2, -0.15) is 0 Å². The summed E-state index contributed by atoms with van der Waals surface area (Å²) < 4.78 is 28.1. The van der Waals surface area contributed by atoms with Gasteiger partial charge in [-0.25, -0.2) is 8.42 Å². The molecule has 1 fully saturated rings. The molecule has 0 aromatic heterocycles. The first-order valence-electron chi connectivity index (χ1n) is 6.25. The molecule has 1 aromatic carbocycles. The van der Waals surface area contributed by atoms with Crippen molar-refractivity contribution in [3.63, 3.8) is 0 Å². The van der Waals surface area contributed by atoms with Crippen molar-refractivity contribution in [3.8, 4) is 5.75 Å². The standard InChI is InChI=1S/C13H17NO4S/c1-2-18-12-6-4-3-5-11(12)14-13(15)10-7-8-19(16,17)9-10/h3-6,10H,2,7-9H2,1H3,(H,14,15)/t10-/m1/s1. The second-order valence-corrected chi connectivity index (χ2v) is 6.75. The number of carbonyl (C=O) groups excluding carboxylic acids is 1. The van der Waals surface area contributed by atoms with Crippen LogP contribution in [0, 0.1) is 5.92 Å². The molecule has 0 spiro atoms. The zero-order chi connectivity index (χ0) is 13.9. The molecule has 1 aliphatic heterocycles. The van der Waals surface area contributed by atoms with Crippen molar-refractivity contribution in [1.82, 2.24) is 0 Å². The predicted octanol–water partition coefficient (Wildman–Crippen LogP) is 1.46. The summed E-state index contributed by atoms with van der Waals surface area (Å²) in [6, 6.07) is 7.13. The zero-order valence-corrected chi connectivity index (χ0v) is 11.6. The third-order valence-corrected chi connectivity index (χ3v) is 4.82. The molecule has 1 saturated heterocycles. The van der Waals surface area contributed by atoms with Gasteiger partial charge in [0.1, 0.15) is 5.75 Å². The number of amides is 1. The van der Waals surface area contributed by atoms with E-state index in [0.29, 0.717) is 24.5 Å². The molecule has 2 rings (SSSR count). The molecule has 1 N–H and O–H groups in total. The molecule has 1 atom stereocenters. The smallest absolute Gasteiger partial charge is 0.228 e. The van der Waals surface area contributed by atoms with Gasteiger partial charge in [-0.15, -0.1) is 0 Å². The second-order valence-electron chi connectivity index (χ2n) is 4.52. The van der Waals surface area contributed by atoms with Crippen LogP contribution in [0.1, 0.15) is 13.3 Å². The summed E-state index contributed by atoms with van der Waals surface area (Å²) in [6.07, 6.45) is 0.394. The molecule has 5 nitrogen and oxygen atoms in total. The highest BCUT2D eigenvalue weighted by Gasteiger charge is 2.33. The number of hydrogen-bond donors (Lipinski definition) is 1. The molecule has 0 saturated carbocycles. The van der Waals surface area contributed by atoms with Crippen molar-refractivity contribution in [2.45, 2.75) is 13.3 Å². The fourth-order valence-electron chi connectivity index (χ4n) is 2.09. The number of ether oxygens (including phenoxy) is 1. The Morgan fingerprint density at radius 3 is 2.79 bits per heavy atom. The fraction of sp³-hybridized carbons (Fsp3) is 0.462. The van der Waals surface area contributed by atoms with Gasteiger partial charge in [0.15, 0.2) is 9.84 Å². The number of nitrogens with one attached hydrogen (secondary N) is 1. The first-order valence-corrected chi connectivity index (χ1v) is 8.07. The molecule has 1 heterocycles. The van der Waals surface area contributed by atoms with Crippen LogP contribution >= 0.6 is 0 Å². The van der Waals surface area contributed by atoms with E-state index in [1.807, 2.05) is 13.0 Å². The summed E-state index contributed by atoms with van der Waals surface area (Å²) in [5, 5.41) is 2.75. The van der Waals surface area contributed by atoms with Crippen LogP contribution in [0.2, 0.25) is 0 Å². The first kappa shape index (κ1) is 13.9. The Bertz CT molecular complexity index is 568. The third-order valence-electron chi connectivity index (χ3n) is 3.05. The molecular weight excluding hydrogens is 266 g/mol. The van der Waals surface area contributed by atoms with Crippen molar-refractivity contribution in [2.75, 3.05) is 23.4 Å². The van der Waals surface area contributed by atoms with Gasteiger partial charge in [-0.3, -0.25) is 4.79 Å². The zero-order valence-electron chi connectivity index (χ0n) is 10.8. The fourth-order valence-corrected chi connectivity index (χ4v) is 3.83. The normalized spacial score (nSPS) is 21.0. The Labute approximate surface area is 112 Å². The Hall–Kier alpha value is -1.56. The van der Waals surface area contributed by atoms with Crippen LogP contribution in [-0.2, 0) is 14.6 Å². The summed E-state index contributed by atoms with van der Waals surface area (Å²) >= 11 is 0. The van der Waals surface area contributed by atoms with Crippen LogP contribution in [0.5, 0.6) is 5.75 Å². The van der Waals surface area contributed by atoms with E-state index in [-0.39, 0.29) is 17.4 Å². The predicted molar refractivity (Wildman–Crippen MR) is 73.0 cm³/mol. The van der Waals surface area contributed by atoms with Gasteiger partial charge in [-0.1, -0.05) is 12.1 Å². The maximum Gasteiger partial charge on any atom is 0.228 e. The van der Waals surface area contributed by atoms with Crippen molar-refractivity contribution in [3.05, 3.63) is 24.3 Å². The van der Waals surface area contributed by atoms with Gasteiger partial charge in [-0.05, 0) is 25.5 Å². The van der Waals surface area contributed by atoms with Crippen LogP contribution in [0.15, 0.2) is 24.3 Å². The number of carbonyl (C=O) groups is 1. The Morgan fingerprint density at radius 2 is 2.16 bits per heavy atom. The highest BCUT2D eigenvalue weighted by Crippen LogP contribution is 2.26. The highest BCUT2D eigenvalue weighted by molar-refractivity contribution is 7.91. The van der Waals surface area contributed by atoms with Gasteiger partial charge < -0.3 is 10.1 Å². The van der Waals surface area contributed by atoms with Gasteiger partial charge in [0.2, 0.25) is 5.91 Å². The average molecular weight is 283 g/mol. The van der Waals surface area contributed by atoms with Crippen LogP contribution in [0.4, 0.5) is 5.69 Å². The maximum absolute atomic E-state index is 12.0. The number of hydrogen-bond acceptors (Lipinski definition) is 4. The lowest BCUT2D eigenvalue weighted by Crippen LogP contribution is -2.24. The Balaban J connectivity index is 2.07. The van der Waals surface area contributed by atoms with E-state index in [1.54, 1.807) is 18.2 Å². The van der Waals surface area contributed by atoms with Crippen molar-refractivity contribution in [2.24, 2.45) is 5.92 Å². The minimum Gasteiger partial charge on any atom is -0.492 e. The lowest BCUT2D eigenvalue weighted by molar-refractivity contribution is -0.119. The van der Waals surface area contributed by atoms with Gasteiger partial charge >= 0.3 is 0 Å². The lowest BCUT2D eigenvalue weighted by Gasteiger charge is -2.13. The summed E-state index contributed by atoms with van der Waals surface area (Å²) in [4.78, 5) is 12.0. The van der Waals surface area contributed by atoms with E-state index < -0.39 is 15.8 Å². The quantitative estimate of drug-likeness (QED) is 0.908. The number of anilines is 1. The molecule has 0 unspecified atom stereocenters. The van der Waals surface area contributed by atoms with E-state index in [4.69, 9.17) is 4.74 Å². The van der Waals surface area contributed by atoms with E-state index >= 15 is 0 Å². The third kappa shape index (κ3) is 3.47. The minimum atomic E-state index is -3.05. The summed E-state index contributed by atoms with van der Waals surface area (Å²) in [7, 11) is -3.05. The van der Waals surface area contributed by atoms with Crippen LogP contribution in [0.3, 0.4) is 0 Å². The summed E-state index contributed by atoms with van der Waals surface area (Å²) in [5.41, 5.74) is 0.582. The molecule has 0 radical (unpaired) electrons. The molecule has 19 heavy (non-hydrogen) atoms.